The van der Waals surface area contributed by atoms with Crippen LogP contribution in [0.2, 0.25) is 0 Å². The van der Waals surface area contributed by atoms with Crippen molar-refractivity contribution in [2.24, 2.45) is 0 Å². The minimum atomic E-state index is -0.569. The Morgan fingerprint density at radius 1 is 1.29 bits per heavy atom. The molecule has 0 spiro atoms. The molecule has 0 aliphatic carbocycles. The number of aromatic nitrogens is 2. The second kappa shape index (κ2) is 7.25. The number of rotatable bonds is 5. The van der Waals surface area contributed by atoms with E-state index in [-0.39, 0.29) is 21.9 Å². The molecule has 1 aromatic heterocycles. The van der Waals surface area contributed by atoms with Crippen molar-refractivity contribution in [3.63, 3.8) is 0 Å². The molecule has 2 unspecified atom stereocenters. The van der Waals surface area contributed by atoms with E-state index in [1.54, 1.807) is 20.0 Å². The van der Waals surface area contributed by atoms with E-state index in [0.717, 1.165) is 14.7 Å². The third-order valence-electron chi connectivity index (χ3n) is 2.80. The number of halogens is 1. The Bertz CT molecular complexity index is 608. The fraction of sp³-hybridized carbons (Fsp3) is 0.286. The maximum absolute atomic E-state index is 9.51. The van der Waals surface area contributed by atoms with Gasteiger partial charge in [-0.3, -0.25) is 0 Å². The van der Waals surface area contributed by atoms with E-state index in [2.05, 4.69) is 25.9 Å². The van der Waals surface area contributed by atoms with E-state index in [1.807, 2.05) is 24.3 Å². The molecule has 111 valence electrons. The van der Waals surface area contributed by atoms with E-state index in [0.29, 0.717) is 10.4 Å². The van der Waals surface area contributed by atoms with Crippen LogP contribution in [0.4, 0.5) is 5.69 Å². The first-order valence-electron chi connectivity index (χ1n) is 6.40. The number of aliphatic hydroxyl groups is 1. The average Bonchev–Trinajstić information content (AvgIpc) is 2.45. The van der Waals surface area contributed by atoms with Gasteiger partial charge in [-0.05, 0) is 0 Å². The second-order valence-corrected chi connectivity index (χ2v) is 7.84. The summed E-state index contributed by atoms with van der Waals surface area (Å²) in [6, 6.07) is 7.72. The summed E-state index contributed by atoms with van der Waals surface area (Å²) >= 11 is 3.03. The molecular formula is C14H16AsBrN3O2. The quantitative estimate of drug-likeness (QED) is 0.555. The normalized spacial score (nSPS) is 14.3. The zero-order valence-corrected chi connectivity index (χ0v) is 15.2. The molecule has 21 heavy (non-hydrogen) atoms. The van der Waals surface area contributed by atoms with E-state index >= 15 is 0 Å². The Kier molecular flexibility index (Phi) is 5.62. The van der Waals surface area contributed by atoms with Crippen molar-refractivity contribution < 1.29 is 9.84 Å². The number of nitrogen functional groups attached to an aromatic ring is 1. The third kappa shape index (κ3) is 4.70. The molecule has 0 aliphatic rings. The average molecular weight is 413 g/mol. The van der Waals surface area contributed by atoms with E-state index < -0.39 is 6.10 Å². The predicted molar refractivity (Wildman–Crippen MR) is 87.4 cm³/mol. The van der Waals surface area contributed by atoms with Gasteiger partial charge in [0, 0.05) is 0 Å². The van der Waals surface area contributed by atoms with Gasteiger partial charge in [-0.1, -0.05) is 0 Å². The summed E-state index contributed by atoms with van der Waals surface area (Å²) in [5, 5.41) is 9.51. The van der Waals surface area contributed by atoms with Crippen LogP contribution in [0.15, 0.2) is 34.9 Å². The Balaban J connectivity index is 2.16. The van der Waals surface area contributed by atoms with E-state index in [1.165, 1.54) is 0 Å². The number of nitrogens with two attached hydrogens (primary N) is 1. The van der Waals surface area contributed by atoms with Crippen LogP contribution in [-0.2, 0) is 0 Å². The van der Waals surface area contributed by atoms with Crippen molar-refractivity contribution in [2.75, 3.05) is 5.73 Å². The summed E-state index contributed by atoms with van der Waals surface area (Å²) in [6.45, 7) is 3.48. The maximum atomic E-state index is 9.51. The molecule has 1 aromatic carbocycles. The summed E-state index contributed by atoms with van der Waals surface area (Å²) in [5.74, 6) is 0.458. The van der Waals surface area contributed by atoms with Gasteiger partial charge in [-0.25, -0.2) is 0 Å². The number of aliphatic hydroxyl groups excluding tert-OH is 1. The molecule has 1 heterocycles. The molecule has 0 saturated heterocycles. The first kappa shape index (κ1) is 16.3. The molecule has 0 aliphatic heterocycles. The SMILES string of the molecule is CC(O)C(C)Oc1nc([As]c2ccc(N)cc2)ncc1Br. The van der Waals surface area contributed by atoms with Crippen LogP contribution < -0.4 is 19.4 Å². The summed E-state index contributed by atoms with van der Waals surface area (Å²) in [6.07, 6.45) is 0.775. The number of benzene rings is 1. The Morgan fingerprint density at radius 3 is 2.57 bits per heavy atom. The summed E-state index contributed by atoms with van der Waals surface area (Å²) in [5.41, 5.74) is 6.42. The number of anilines is 1. The van der Waals surface area contributed by atoms with Gasteiger partial charge in [0.15, 0.2) is 0 Å². The van der Waals surface area contributed by atoms with Crippen molar-refractivity contribution in [1.29, 1.82) is 0 Å². The Labute approximate surface area is 138 Å². The second-order valence-electron chi connectivity index (χ2n) is 4.59. The van der Waals surface area contributed by atoms with Crippen LogP contribution in [0, 0.1) is 0 Å². The van der Waals surface area contributed by atoms with Gasteiger partial charge < -0.3 is 0 Å². The van der Waals surface area contributed by atoms with Crippen LogP contribution in [0.25, 0.3) is 0 Å². The van der Waals surface area contributed by atoms with Gasteiger partial charge in [-0.2, -0.15) is 0 Å². The van der Waals surface area contributed by atoms with Gasteiger partial charge in [0.25, 0.3) is 0 Å². The summed E-state index contributed by atoms with van der Waals surface area (Å²) in [7, 11) is 0. The molecular weight excluding hydrogens is 397 g/mol. The van der Waals surface area contributed by atoms with Gasteiger partial charge in [0.2, 0.25) is 0 Å². The van der Waals surface area contributed by atoms with Gasteiger partial charge in [-0.15, -0.1) is 0 Å². The van der Waals surface area contributed by atoms with Crippen molar-refractivity contribution in [1.82, 2.24) is 9.97 Å². The zero-order valence-electron chi connectivity index (χ0n) is 11.7. The fourth-order valence-corrected chi connectivity index (χ4v) is 3.35. The molecule has 0 saturated carbocycles. The van der Waals surface area contributed by atoms with Crippen molar-refractivity contribution in [2.45, 2.75) is 26.1 Å². The van der Waals surface area contributed by atoms with Crippen LogP contribution >= 0.6 is 15.9 Å². The summed E-state index contributed by atoms with van der Waals surface area (Å²) in [4.78, 5) is 8.75. The molecule has 7 heteroatoms. The van der Waals surface area contributed by atoms with Crippen LogP contribution in [0.1, 0.15) is 13.8 Å². The molecule has 1 radical (unpaired) electrons. The molecule has 3 N–H and O–H groups in total. The monoisotopic (exact) mass is 412 g/mol. The number of hydrogen-bond acceptors (Lipinski definition) is 5. The molecule has 2 atom stereocenters. The van der Waals surface area contributed by atoms with Gasteiger partial charge in [0.1, 0.15) is 0 Å². The molecule has 5 nitrogen and oxygen atoms in total. The fourth-order valence-electron chi connectivity index (χ4n) is 1.42. The summed E-state index contributed by atoms with van der Waals surface area (Å²) < 4.78 is 8.24. The molecule has 2 aromatic rings. The topological polar surface area (TPSA) is 81.3 Å². The van der Waals surface area contributed by atoms with Crippen molar-refractivity contribution in [3.8, 4) is 5.88 Å². The van der Waals surface area contributed by atoms with Crippen LogP contribution in [0.5, 0.6) is 5.88 Å². The molecule has 2 rings (SSSR count). The number of ether oxygens (including phenoxy) is 1. The van der Waals surface area contributed by atoms with Gasteiger partial charge >= 0.3 is 139 Å². The predicted octanol–water partition coefficient (Wildman–Crippen LogP) is 0.624. The van der Waals surface area contributed by atoms with E-state index in [4.69, 9.17) is 10.5 Å². The number of nitrogens with zero attached hydrogens (tertiary/aromatic N) is 2. The first-order chi connectivity index (χ1) is 9.95. The molecule has 0 fully saturated rings. The standard InChI is InChI=1S/C14H16AsBrN3O2/c1-8(20)9(2)21-13-12(16)7-18-14(19-13)15-10-3-5-11(17)6-4-10/h3-9,20H,17H2,1-2H3. The van der Waals surface area contributed by atoms with Crippen molar-refractivity contribution >= 4 is 46.3 Å². The zero-order chi connectivity index (χ0) is 15.4. The third-order valence-corrected chi connectivity index (χ3v) is 5.38. The van der Waals surface area contributed by atoms with Crippen LogP contribution in [-0.4, -0.2) is 43.0 Å². The Morgan fingerprint density at radius 2 is 1.95 bits per heavy atom. The Hall–Kier alpha value is -1.10. The first-order valence-corrected chi connectivity index (χ1v) is 9.07. The minimum absolute atomic E-state index is 0.336. The number of hydrogen-bond donors (Lipinski definition) is 2. The van der Waals surface area contributed by atoms with Gasteiger partial charge in [0.05, 0.1) is 0 Å². The van der Waals surface area contributed by atoms with E-state index in [9.17, 15) is 5.11 Å². The van der Waals surface area contributed by atoms with Crippen molar-refractivity contribution in [3.05, 3.63) is 34.9 Å². The molecule has 0 amide bonds. The van der Waals surface area contributed by atoms with Crippen LogP contribution in [0.3, 0.4) is 0 Å². The molecule has 0 bridgehead atoms.